The average Bonchev–Trinajstić information content (AvgIpc) is 3.36. The molecule has 0 unspecified atom stereocenters. The lowest BCUT2D eigenvalue weighted by Gasteiger charge is -2.50. The lowest BCUT2D eigenvalue weighted by atomic mass is 9.94. The summed E-state index contributed by atoms with van der Waals surface area (Å²) in [5.74, 6) is 0. The van der Waals surface area contributed by atoms with Gasteiger partial charge >= 0.3 is 0 Å². The van der Waals surface area contributed by atoms with Crippen LogP contribution in [0.5, 0.6) is 0 Å². The maximum Gasteiger partial charge on any atom is 0.187 e. The van der Waals surface area contributed by atoms with Crippen molar-refractivity contribution in [1.29, 1.82) is 0 Å². The Morgan fingerprint density at radius 3 is 0.642 bits per heavy atom. The molecule has 30 nitrogen and oxygen atoms in total. The predicted molar refractivity (Wildman–Crippen MR) is 201 cm³/mol. The Morgan fingerprint density at radius 1 is 0.224 bits per heavy atom. The Morgan fingerprint density at radius 2 is 0.418 bits per heavy atom. The highest BCUT2D eigenvalue weighted by molar-refractivity contribution is 7.89. The number of aliphatic hydroxyl groups is 16. The zero-order valence-corrected chi connectivity index (χ0v) is 35.7. The molecule has 12 bridgehead atoms. The summed E-state index contributed by atoms with van der Waals surface area (Å²) in [6.45, 7) is -5.65. The Hall–Kier alpha value is -0.850. The van der Waals surface area contributed by atoms with Gasteiger partial charge < -0.3 is 139 Å². The van der Waals surface area contributed by atoms with Gasteiger partial charge in [0.15, 0.2) is 50.1 Å². The highest BCUT2D eigenvalue weighted by Gasteiger charge is 2.60. The van der Waals surface area contributed by atoms with Crippen LogP contribution in [0.2, 0.25) is 0 Å². The van der Waals surface area contributed by atoms with Crippen molar-refractivity contribution < 1.29 is 147 Å². The van der Waals surface area contributed by atoms with E-state index >= 15 is 0 Å². The van der Waals surface area contributed by atoms with E-state index in [0.717, 1.165) is 0 Å². The Balaban J connectivity index is 1.12. The van der Waals surface area contributed by atoms with Crippen LogP contribution in [0.3, 0.4) is 0 Å². The van der Waals surface area contributed by atoms with E-state index < -0.39 is 224 Å². The zero-order chi connectivity index (χ0) is 48.2. The second-order valence-corrected chi connectivity index (χ2v) is 17.6. The fraction of sp³-hybridized carbons (Fsp3) is 1.00. The lowest BCUT2D eigenvalue weighted by molar-refractivity contribution is -0.401. The lowest BCUT2D eigenvalue weighted by Crippen LogP contribution is -2.69. The predicted octanol–water partition coefficient (Wildman–Crippen LogP) is -11.4. The van der Waals surface area contributed by atoms with Gasteiger partial charge in [0, 0.05) is 0 Å². The van der Waals surface area contributed by atoms with E-state index in [4.69, 9.17) is 65.2 Å². The normalized spacial score (nSPS) is 55.5. The van der Waals surface area contributed by atoms with Crippen LogP contribution in [0.15, 0.2) is 0 Å². The summed E-state index contributed by atoms with van der Waals surface area (Å²) in [5.41, 5.74) is 0. The van der Waals surface area contributed by atoms with Crippen molar-refractivity contribution in [2.75, 3.05) is 39.6 Å². The van der Waals surface area contributed by atoms with Crippen LogP contribution in [0.25, 0.3) is 0 Å². The fourth-order valence-electron chi connectivity index (χ4n) is 9.23. The van der Waals surface area contributed by atoms with Gasteiger partial charge in [-0.25, -0.2) is 0 Å². The zero-order valence-electron chi connectivity index (χ0n) is 34.8. The molecule has 0 aliphatic carbocycles. The van der Waals surface area contributed by atoms with Crippen LogP contribution in [-0.2, 0) is 65.2 Å². The van der Waals surface area contributed by atoms with Gasteiger partial charge in [0.25, 0.3) is 0 Å². The van der Waals surface area contributed by atoms with Crippen molar-refractivity contribution in [1.82, 2.24) is 0 Å². The topological polar surface area (TPSA) is 453 Å². The number of hydrogen-bond acceptors (Lipinski definition) is 31. The first kappa shape index (κ1) is 52.5. The minimum atomic E-state index is -2.13. The van der Waals surface area contributed by atoms with E-state index in [1.807, 2.05) is 0 Å². The van der Waals surface area contributed by atoms with E-state index in [9.17, 15) is 81.7 Å². The molecule has 13 fully saturated rings. The van der Waals surface area contributed by atoms with Crippen molar-refractivity contribution >= 4 is 12.3 Å². The highest BCUT2D eigenvalue weighted by atomic mass is 32.2. The van der Waals surface area contributed by atoms with Gasteiger partial charge in [-0.3, -0.25) is 8.37 Å². The monoisotopic (exact) mass is 1000 g/mol. The molecule has 13 rings (SSSR count). The van der Waals surface area contributed by atoms with Gasteiger partial charge in [-0.1, -0.05) is 0 Å². The molecule has 30 atom stereocenters. The van der Waals surface area contributed by atoms with Gasteiger partial charge in [0.05, 0.1) is 39.6 Å². The Kier molecular flexibility index (Phi) is 17.3. The molecule has 13 aliphatic heterocycles. The molecule has 16 N–H and O–H groups in total. The van der Waals surface area contributed by atoms with E-state index in [-0.39, 0.29) is 12.3 Å². The quantitative estimate of drug-likeness (QED) is 0.110. The first-order valence-electron chi connectivity index (χ1n) is 21.4. The van der Waals surface area contributed by atoms with Gasteiger partial charge in [-0.2, -0.15) is 0 Å². The summed E-state index contributed by atoms with van der Waals surface area (Å²) in [7, 11) is 0. The van der Waals surface area contributed by atoms with Crippen LogP contribution >= 0.6 is 12.3 Å². The number of fused-ring (bicyclic) bond motifs is 3. The van der Waals surface area contributed by atoms with Crippen LogP contribution in [-0.4, -0.2) is 306 Å². The molecule has 0 radical (unpaired) electrons. The molecule has 13 saturated heterocycles. The fourth-order valence-corrected chi connectivity index (χ4v) is 9.90. The van der Waals surface area contributed by atoms with Crippen LogP contribution < -0.4 is 0 Å². The van der Waals surface area contributed by atoms with E-state index in [1.54, 1.807) is 0 Å². The molecule has 13 aliphatic rings. The van der Waals surface area contributed by atoms with Crippen molar-refractivity contribution in [2.24, 2.45) is 0 Å². The molecule has 0 amide bonds. The van der Waals surface area contributed by atoms with E-state index in [2.05, 4.69) is 0 Å². The summed E-state index contributed by atoms with van der Waals surface area (Å²) in [4.78, 5) is 0. The Bertz CT molecular complexity index is 1570. The van der Waals surface area contributed by atoms with Crippen LogP contribution in [0.1, 0.15) is 0 Å². The summed E-state index contributed by atoms with van der Waals surface area (Å²) < 4.78 is 81.0. The molecule has 0 spiro atoms. The summed E-state index contributed by atoms with van der Waals surface area (Å²) >= 11 is 0.156. The first-order chi connectivity index (χ1) is 32.1. The smallest absolute Gasteiger partial charge is 0.187 e. The molecule has 31 heteroatoms. The first-order valence-corrected chi connectivity index (χ1v) is 22.1. The highest BCUT2D eigenvalue weighted by Crippen LogP contribution is 2.41. The summed E-state index contributed by atoms with van der Waals surface area (Å²) in [6.07, 6.45) is -55.2. The number of aliphatic hydroxyl groups excluding tert-OH is 16. The third-order valence-electron chi connectivity index (χ3n) is 12.9. The van der Waals surface area contributed by atoms with Crippen molar-refractivity contribution in [3.8, 4) is 0 Å². The number of rotatable bonds is 6. The standard InChI is InChI=1S/C36H58O30S/c37-1-7-23-14(44)18(48)32(54-7)61-25-9(3-39)56-34(20(50)16(25)46)63-27-11(5-41)58-36-22(52)30(27)66-67-65-29-21(51)35(57-12(6-42)28(29)64-36)62-26-10(4-40)55-33(19(49)15(26)45)60-24-8(2-38)53-31(59-23)17(47)13(24)43/h7-52H,1-6H2/t7-,8-,9-,10-,11-,12-,13-,14-,15-,16-,17-,18-,19-,20-,21-,22-,23-,24-,25-,26-,27+,28+,29-,30-,31-,32-,33-,34-,35-,36-/m1/s1. The third-order valence-corrected chi connectivity index (χ3v) is 13.5. The van der Waals surface area contributed by atoms with E-state index in [0.29, 0.717) is 0 Å². The molecule has 0 aromatic rings. The molecular weight excluding hydrogens is 944 g/mol. The van der Waals surface area contributed by atoms with Gasteiger partial charge in [-0.15, -0.1) is 0 Å². The molecule has 0 aromatic heterocycles. The van der Waals surface area contributed by atoms with Crippen LogP contribution in [0.4, 0.5) is 0 Å². The third kappa shape index (κ3) is 10.0. The average molecular weight is 1000 g/mol. The maximum absolute atomic E-state index is 11.6. The second kappa shape index (κ2) is 22.1. The minimum Gasteiger partial charge on any atom is -0.394 e. The largest absolute Gasteiger partial charge is 0.394 e. The molecule has 67 heavy (non-hydrogen) atoms. The molecule has 0 aromatic carbocycles. The maximum atomic E-state index is 11.6. The van der Waals surface area contributed by atoms with Gasteiger partial charge in [0.1, 0.15) is 146 Å². The van der Waals surface area contributed by atoms with Gasteiger partial charge in [0.2, 0.25) is 0 Å². The molecular formula is C36H58O30S. The molecule has 0 saturated carbocycles. The van der Waals surface area contributed by atoms with Crippen molar-refractivity contribution in [2.45, 2.75) is 184 Å². The summed E-state index contributed by atoms with van der Waals surface area (Å²) in [5, 5.41) is 176. The van der Waals surface area contributed by atoms with Gasteiger partial charge in [-0.05, 0) is 0 Å². The SMILES string of the molecule is OC[C@H]1O[C@@H]2O[C@@H]3[C@@H]4OSO[C@H]([C@H]2O)[C@H]1O[C@H]1O[C@H](CO)[C@@H](O[C@H]2O[C@H](CO)[C@@H](O[C@H]5O[C@H](CO)[C@@H](O[C@H]6O[C@H](CO)[C@@H](O[C@@H](O[C@@H]3CO)[C@@H]4O)[C@H](O)[C@H]6O)[C@H](O)[C@H]5O)[C@H](O)[C@H]2O)[C@H](O)[C@H]1O. The van der Waals surface area contributed by atoms with E-state index in [1.165, 1.54) is 0 Å². The van der Waals surface area contributed by atoms with Crippen molar-refractivity contribution in [3.05, 3.63) is 0 Å². The second-order valence-electron chi connectivity index (χ2n) is 17.1. The van der Waals surface area contributed by atoms with Crippen LogP contribution in [0, 0.1) is 0 Å². The number of hydrogen-bond donors (Lipinski definition) is 16. The minimum absolute atomic E-state index is 0.156. The summed E-state index contributed by atoms with van der Waals surface area (Å²) in [6, 6.07) is 0. The Labute approximate surface area is 382 Å². The van der Waals surface area contributed by atoms with Crippen molar-refractivity contribution in [3.63, 3.8) is 0 Å². The molecule has 388 valence electrons. The molecule has 13 heterocycles. The number of ether oxygens (including phenoxy) is 12.